The molecule has 2 aliphatic heterocycles. The van der Waals surface area contributed by atoms with Gasteiger partial charge in [-0.3, -0.25) is 33.7 Å². The lowest BCUT2D eigenvalue weighted by Crippen LogP contribution is -2.71. The minimum atomic E-state index is -2.27. The highest BCUT2D eigenvalue weighted by Gasteiger charge is 2.67. The SMILES string of the molecule is CC(=O)N[C@H]1[C@H]([C@H](OC(C)=O)[C@@H](COC(C)=O)OC(C)=O)O[C@]2(C[C@@H]1OC(C)=O)C(=O)N(c1ccccc1)C(=O)N2c1ccccc1. The van der Waals surface area contributed by atoms with Crippen molar-refractivity contribution in [2.75, 3.05) is 16.4 Å². The Morgan fingerprint density at radius 1 is 0.830 bits per heavy atom. The molecule has 1 spiro atoms. The summed E-state index contributed by atoms with van der Waals surface area (Å²) in [4.78, 5) is 92.4. The number of amides is 4. The zero-order chi connectivity index (χ0) is 34.5. The summed E-state index contributed by atoms with van der Waals surface area (Å²) in [6, 6.07) is 14.0. The highest BCUT2D eigenvalue weighted by Crippen LogP contribution is 2.45. The van der Waals surface area contributed by atoms with Crippen LogP contribution in [0.2, 0.25) is 0 Å². The van der Waals surface area contributed by atoms with E-state index in [-0.39, 0.29) is 11.4 Å². The van der Waals surface area contributed by atoms with Crippen LogP contribution in [0.3, 0.4) is 0 Å². The number of esters is 4. The van der Waals surface area contributed by atoms with Crippen molar-refractivity contribution in [3.8, 4) is 0 Å². The summed E-state index contributed by atoms with van der Waals surface area (Å²) >= 11 is 0. The molecular formula is C32H35N3O12. The van der Waals surface area contributed by atoms with E-state index in [1.54, 1.807) is 60.7 Å². The van der Waals surface area contributed by atoms with E-state index in [4.69, 9.17) is 23.7 Å². The maximum Gasteiger partial charge on any atom is 0.338 e. The average Bonchev–Trinajstić information content (AvgIpc) is 3.20. The third-order valence-corrected chi connectivity index (χ3v) is 7.32. The van der Waals surface area contributed by atoms with Gasteiger partial charge in [-0.15, -0.1) is 0 Å². The Bertz CT molecular complexity index is 1530. The second-order valence-corrected chi connectivity index (χ2v) is 10.9. The van der Waals surface area contributed by atoms with E-state index < -0.39 is 90.9 Å². The molecule has 2 aliphatic rings. The molecule has 2 aromatic rings. The number of ether oxygens (including phenoxy) is 5. The average molecular weight is 654 g/mol. The zero-order valence-electron chi connectivity index (χ0n) is 26.4. The maximum absolute atomic E-state index is 14.6. The zero-order valence-corrected chi connectivity index (χ0v) is 26.4. The molecule has 4 amide bonds. The van der Waals surface area contributed by atoms with Gasteiger partial charge >= 0.3 is 29.9 Å². The maximum atomic E-state index is 14.6. The molecule has 15 nitrogen and oxygen atoms in total. The lowest BCUT2D eigenvalue weighted by atomic mass is 9.86. The van der Waals surface area contributed by atoms with E-state index in [1.807, 2.05) is 0 Å². The lowest BCUT2D eigenvalue weighted by molar-refractivity contribution is -0.230. The number of anilines is 2. The summed E-state index contributed by atoms with van der Waals surface area (Å²) in [6.45, 7) is 4.88. The fourth-order valence-electron chi connectivity index (χ4n) is 5.72. The van der Waals surface area contributed by atoms with Gasteiger partial charge in [-0.25, -0.2) is 9.69 Å². The Labute approximate surface area is 270 Å². The van der Waals surface area contributed by atoms with Gasteiger partial charge in [0.05, 0.1) is 11.7 Å². The molecule has 4 rings (SSSR count). The van der Waals surface area contributed by atoms with E-state index >= 15 is 0 Å². The summed E-state index contributed by atoms with van der Waals surface area (Å²) in [5, 5.41) is 2.63. The van der Waals surface area contributed by atoms with Crippen molar-refractivity contribution in [1.82, 2.24) is 5.32 Å². The first-order chi connectivity index (χ1) is 22.2. The number of carbonyl (C=O) groups is 7. The molecule has 0 saturated carbocycles. The smallest absolute Gasteiger partial charge is 0.338 e. The number of nitrogens with zero attached hydrogens (tertiary/aromatic N) is 2. The number of benzene rings is 2. The molecule has 2 aromatic carbocycles. The summed E-state index contributed by atoms with van der Waals surface area (Å²) in [7, 11) is 0. The van der Waals surface area contributed by atoms with Crippen LogP contribution in [-0.2, 0) is 52.5 Å². The molecular weight excluding hydrogens is 618 g/mol. The van der Waals surface area contributed by atoms with Crippen molar-refractivity contribution in [3.05, 3.63) is 60.7 Å². The topological polar surface area (TPSA) is 184 Å². The molecule has 250 valence electrons. The molecule has 15 heteroatoms. The first-order valence-electron chi connectivity index (χ1n) is 14.6. The van der Waals surface area contributed by atoms with Gasteiger partial charge in [-0.05, 0) is 24.3 Å². The lowest BCUT2D eigenvalue weighted by Gasteiger charge is -2.50. The van der Waals surface area contributed by atoms with E-state index in [0.29, 0.717) is 0 Å². The van der Waals surface area contributed by atoms with Gasteiger partial charge in [0.15, 0.2) is 12.2 Å². The van der Waals surface area contributed by atoms with Crippen LogP contribution >= 0.6 is 0 Å². The molecule has 0 unspecified atom stereocenters. The van der Waals surface area contributed by atoms with E-state index in [0.717, 1.165) is 37.5 Å². The first kappa shape index (κ1) is 34.6. The Morgan fingerprint density at radius 3 is 1.91 bits per heavy atom. The van der Waals surface area contributed by atoms with E-state index in [1.165, 1.54) is 6.92 Å². The number of hydrogen-bond acceptors (Lipinski definition) is 12. The first-order valence-corrected chi connectivity index (χ1v) is 14.6. The summed E-state index contributed by atoms with van der Waals surface area (Å²) < 4.78 is 28.4. The van der Waals surface area contributed by atoms with Gasteiger partial charge in [0, 0.05) is 46.7 Å². The molecule has 2 fully saturated rings. The number of imide groups is 1. The molecule has 47 heavy (non-hydrogen) atoms. The van der Waals surface area contributed by atoms with Crippen LogP contribution in [0.5, 0.6) is 0 Å². The van der Waals surface area contributed by atoms with Crippen molar-refractivity contribution in [2.45, 2.75) is 77.2 Å². The normalized spacial score (nSPS) is 23.5. The van der Waals surface area contributed by atoms with Gasteiger partial charge in [0.2, 0.25) is 11.6 Å². The number of para-hydroxylation sites is 2. The van der Waals surface area contributed by atoms with Crippen LogP contribution in [0.25, 0.3) is 0 Å². The van der Waals surface area contributed by atoms with Crippen molar-refractivity contribution in [3.63, 3.8) is 0 Å². The van der Waals surface area contributed by atoms with E-state index in [9.17, 15) is 33.6 Å². The Hall–Kier alpha value is -5.31. The third-order valence-electron chi connectivity index (χ3n) is 7.32. The van der Waals surface area contributed by atoms with Crippen molar-refractivity contribution < 1.29 is 57.2 Å². The van der Waals surface area contributed by atoms with Crippen LogP contribution in [0.4, 0.5) is 16.2 Å². The quantitative estimate of drug-likeness (QED) is 0.224. The number of carbonyl (C=O) groups excluding carboxylic acids is 7. The Morgan fingerprint density at radius 2 is 1.40 bits per heavy atom. The fraction of sp³-hybridized carbons (Fsp3) is 0.406. The summed E-state index contributed by atoms with van der Waals surface area (Å²) in [5.41, 5.74) is -1.84. The van der Waals surface area contributed by atoms with E-state index in [2.05, 4.69) is 5.32 Å². The Balaban J connectivity index is 1.98. The van der Waals surface area contributed by atoms with Crippen LogP contribution in [0.15, 0.2) is 60.7 Å². The van der Waals surface area contributed by atoms with Crippen LogP contribution in [0.1, 0.15) is 41.0 Å². The molecule has 0 radical (unpaired) electrons. The Kier molecular flexibility index (Phi) is 10.6. The number of hydrogen-bond donors (Lipinski definition) is 1. The molecule has 2 heterocycles. The summed E-state index contributed by atoms with van der Waals surface area (Å²) in [5.74, 6) is -4.82. The molecule has 6 atom stereocenters. The molecule has 0 bridgehead atoms. The van der Waals surface area contributed by atoms with Crippen LogP contribution in [-0.4, -0.2) is 84.5 Å². The van der Waals surface area contributed by atoms with Crippen molar-refractivity contribution >= 4 is 53.1 Å². The fourth-order valence-corrected chi connectivity index (χ4v) is 5.72. The van der Waals surface area contributed by atoms with Gasteiger partial charge in [0.1, 0.15) is 18.8 Å². The predicted octanol–water partition coefficient (Wildman–Crippen LogP) is 2.01. The predicted molar refractivity (Wildman–Crippen MR) is 161 cm³/mol. The van der Waals surface area contributed by atoms with Crippen molar-refractivity contribution in [2.24, 2.45) is 0 Å². The minimum Gasteiger partial charge on any atom is -0.462 e. The number of rotatable bonds is 10. The highest BCUT2D eigenvalue weighted by molar-refractivity contribution is 6.30. The van der Waals surface area contributed by atoms with Gasteiger partial charge in [0.25, 0.3) is 5.91 Å². The van der Waals surface area contributed by atoms with Gasteiger partial charge in [-0.1, -0.05) is 36.4 Å². The number of nitrogens with one attached hydrogen (secondary N) is 1. The molecule has 1 N–H and O–H groups in total. The second-order valence-electron chi connectivity index (χ2n) is 10.9. The van der Waals surface area contributed by atoms with Crippen LogP contribution < -0.4 is 15.1 Å². The van der Waals surface area contributed by atoms with Crippen molar-refractivity contribution in [1.29, 1.82) is 0 Å². The minimum absolute atomic E-state index is 0.206. The highest BCUT2D eigenvalue weighted by atomic mass is 16.6. The monoisotopic (exact) mass is 653 g/mol. The molecule has 0 aliphatic carbocycles. The van der Waals surface area contributed by atoms with Crippen LogP contribution in [0, 0.1) is 0 Å². The number of urea groups is 1. The summed E-state index contributed by atoms with van der Waals surface area (Å²) in [6.07, 6.45) is -6.74. The molecule has 0 aromatic heterocycles. The second kappa shape index (κ2) is 14.4. The standard InChI is InChI=1S/C32H35N3O12/c1-18(36)33-27-25(44-20(3)38)16-32(47-29(27)28(46-22(5)40)26(45-21(4)39)17-43-19(2)37)30(41)34(23-12-8-6-9-13-23)31(42)35(32)24-14-10-7-11-15-24/h6-15,25-29H,16-17H2,1-5H3,(H,33,36)/t25-,26+,27+,28+,29+,32+/m0/s1. The largest absolute Gasteiger partial charge is 0.462 e. The third kappa shape index (κ3) is 7.57. The molecule has 2 saturated heterocycles. The van der Waals surface area contributed by atoms with Gasteiger partial charge in [-0.2, -0.15) is 0 Å². The van der Waals surface area contributed by atoms with Gasteiger partial charge < -0.3 is 29.0 Å².